The van der Waals surface area contributed by atoms with Crippen LogP contribution in [0.4, 0.5) is 0 Å². The van der Waals surface area contributed by atoms with E-state index in [2.05, 4.69) is 54.4 Å². The summed E-state index contributed by atoms with van der Waals surface area (Å²) >= 11 is 0. The number of likely N-dealkylation sites (tertiary alicyclic amines) is 1. The molecule has 1 unspecified atom stereocenters. The maximum atomic E-state index is 9.46. The summed E-state index contributed by atoms with van der Waals surface area (Å²) < 4.78 is 0. The summed E-state index contributed by atoms with van der Waals surface area (Å²) in [5.41, 5.74) is 1.46. The number of hydrogen-bond acceptors (Lipinski definition) is 3. The number of nitrogens with one attached hydrogen (secondary N) is 1. The SMILES string of the molecule is CC(C)NC(CO)CN1CCC(Cc2ccccc2)CC1. The number of rotatable bonds is 7. The molecule has 0 bridgehead atoms. The van der Waals surface area contributed by atoms with Crippen LogP contribution >= 0.6 is 0 Å². The van der Waals surface area contributed by atoms with E-state index in [1.807, 2.05) is 0 Å². The largest absolute Gasteiger partial charge is 0.395 e. The number of benzene rings is 1. The minimum absolute atomic E-state index is 0.204. The number of piperidine rings is 1. The van der Waals surface area contributed by atoms with E-state index in [-0.39, 0.29) is 12.6 Å². The van der Waals surface area contributed by atoms with Gasteiger partial charge in [0.25, 0.3) is 0 Å². The fourth-order valence-electron chi connectivity index (χ4n) is 3.27. The van der Waals surface area contributed by atoms with Gasteiger partial charge in [0.15, 0.2) is 0 Å². The highest BCUT2D eigenvalue weighted by atomic mass is 16.3. The van der Waals surface area contributed by atoms with E-state index in [0.29, 0.717) is 6.04 Å². The van der Waals surface area contributed by atoms with Crippen LogP contribution in [0.15, 0.2) is 30.3 Å². The summed E-state index contributed by atoms with van der Waals surface area (Å²) in [6.45, 7) is 7.78. The molecule has 1 atom stereocenters. The second-order valence-electron chi connectivity index (χ2n) is 6.63. The number of aliphatic hydroxyl groups excluding tert-OH is 1. The molecule has 0 aliphatic carbocycles. The Labute approximate surface area is 129 Å². The highest BCUT2D eigenvalue weighted by Crippen LogP contribution is 2.21. The minimum Gasteiger partial charge on any atom is -0.395 e. The van der Waals surface area contributed by atoms with Crippen LogP contribution in [0.25, 0.3) is 0 Å². The van der Waals surface area contributed by atoms with Crippen LogP contribution in [0, 0.1) is 5.92 Å². The third-order valence-electron chi connectivity index (χ3n) is 4.34. The lowest BCUT2D eigenvalue weighted by Gasteiger charge is -2.34. The third-order valence-corrected chi connectivity index (χ3v) is 4.34. The third kappa shape index (κ3) is 5.77. The number of hydrogen-bond donors (Lipinski definition) is 2. The molecule has 1 saturated heterocycles. The molecule has 21 heavy (non-hydrogen) atoms. The molecule has 0 saturated carbocycles. The molecule has 2 N–H and O–H groups in total. The first-order valence-corrected chi connectivity index (χ1v) is 8.30. The van der Waals surface area contributed by atoms with E-state index in [0.717, 1.165) is 25.6 Å². The van der Waals surface area contributed by atoms with Crippen LogP contribution in [0.3, 0.4) is 0 Å². The molecule has 0 amide bonds. The molecule has 0 spiro atoms. The Balaban J connectivity index is 1.72. The van der Waals surface area contributed by atoms with Gasteiger partial charge in [-0.05, 0) is 43.8 Å². The fraction of sp³-hybridized carbons (Fsp3) is 0.667. The Hall–Kier alpha value is -0.900. The van der Waals surface area contributed by atoms with Gasteiger partial charge in [0.05, 0.1) is 6.61 Å². The summed E-state index contributed by atoms with van der Waals surface area (Å²) in [6, 6.07) is 11.5. The fourth-order valence-corrected chi connectivity index (χ4v) is 3.27. The molecule has 0 aromatic heterocycles. The molecule has 118 valence electrons. The number of aliphatic hydroxyl groups is 1. The monoisotopic (exact) mass is 290 g/mol. The molecule has 1 aliphatic heterocycles. The Kier molecular flexibility index (Phi) is 6.68. The molecule has 1 heterocycles. The zero-order valence-corrected chi connectivity index (χ0v) is 13.5. The van der Waals surface area contributed by atoms with Gasteiger partial charge < -0.3 is 15.3 Å². The first kappa shape index (κ1) is 16.5. The summed E-state index contributed by atoms with van der Waals surface area (Å²) in [5.74, 6) is 0.814. The maximum Gasteiger partial charge on any atom is 0.0597 e. The lowest BCUT2D eigenvalue weighted by molar-refractivity contribution is 0.138. The Morgan fingerprint density at radius 1 is 1.19 bits per heavy atom. The average molecular weight is 290 g/mol. The van der Waals surface area contributed by atoms with Crippen molar-refractivity contribution in [2.75, 3.05) is 26.2 Å². The van der Waals surface area contributed by atoms with E-state index in [1.165, 1.54) is 24.8 Å². The standard InChI is InChI=1S/C18H30N2O/c1-15(2)19-18(14-21)13-20-10-8-17(9-11-20)12-16-6-4-3-5-7-16/h3-7,15,17-19,21H,8-14H2,1-2H3. The van der Waals surface area contributed by atoms with Gasteiger partial charge in [0, 0.05) is 18.6 Å². The molecule has 1 aliphatic rings. The van der Waals surface area contributed by atoms with E-state index < -0.39 is 0 Å². The van der Waals surface area contributed by atoms with Crippen LogP contribution in [-0.4, -0.2) is 48.3 Å². The zero-order chi connectivity index (χ0) is 15.1. The topological polar surface area (TPSA) is 35.5 Å². The highest BCUT2D eigenvalue weighted by Gasteiger charge is 2.21. The molecule has 1 fully saturated rings. The van der Waals surface area contributed by atoms with Gasteiger partial charge in [-0.2, -0.15) is 0 Å². The van der Waals surface area contributed by atoms with Gasteiger partial charge in [-0.25, -0.2) is 0 Å². The van der Waals surface area contributed by atoms with Crippen molar-refractivity contribution in [1.29, 1.82) is 0 Å². The quantitative estimate of drug-likeness (QED) is 0.809. The lowest BCUT2D eigenvalue weighted by atomic mass is 9.90. The molecule has 3 nitrogen and oxygen atoms in total. The van der Waals surface area contributed by atoms with Crippen molar-refractivity contribution < 1.29 is 5.11 Å². The molecular formula is C18H30N2O. The summed E-state index contributed by atoms with van der Waals surface area (Å²) in [6.07, 6.45) is 3.76. The van der Waals surface area contributed by atoms with E-state index >= 15 is 0 Å². The first-order chi connectivity index (χ1) is 10.2. The minimum atomic E-state index is 0.204. The summed E-state index contributed by atoms with van der Waals surface area (Å²) in [5, 5.41) is 12.9. The predicted octanol–water partition coefficient (Wildman–Crippen LogP) is 2.30. The smallest absolute Gasteiger partial charge is 0.0597 e. The van der Waals surface area contributed by atoms with Crippen LogP contribution in [0.5, 0.6) is 0 Å². The van der Waals surface area contributed by atoms with Crippen molar-refractivity contribution in [3.05, 3.63) is 35.9 Å². The van der Waals surface area contributed by atoms with Crippen LogP contribution in [-0.2, 0) is 6.42 Å². The van der Waals surface area contributed by atoms with E-state index in [9.17, 15) is 5.11 Å². The summed E-state index contributed by atoms with van der Waals surface area (Å²) in [4.78, 5) is 2.50. The Morgan fingerprint density at radius 3 is 2.43 bits per heavy atom. The van der Waals surface area contributed by atoms with Gasteiger partial charge in [0.1, 0.15) is 0 Å². The van der Waals surface area contributed by atoms with Gasteiger partial charge in [-0.3, -0.25) is 0 Å². The highest BCUT2D eigenvalue weighted by molar-refractivity contribution is 5.15. The van der Waals surface area contributed by atoms with Gasteiger partial charge in [-0.1, -0.05) is 44.2 Å². The second kappa shape index (κ2) is 8.52. The molecule has 0 radical (unpaired) electrons. The number of nitrogens with zero attached hydrogens (tertiary/aromatic N) is 1. The maximum absolute atomic E-state index is 9.46. The molecule has 1 aromatic carbocycles. The van der Waals surface area contributed by atoms with Crippen molar-refractivity contribution in [2.24, 2.45) is 5.92 Å². The van der Waals surface area contributed by atoms with Gasteiger partial charge in [-0.15, -0.1) is 0 Å². The zero-order valence-electron chi connectivity index (χ0n) is 13.5. The van der Waals surface area contributed by atoms with Crippen molar-refractivity contribution in [1.82, 2.24) is 10.2 Å². The van der Waals surface area contributed by atoms with Gasteiger partial charge >= 0.3 is 0 Å². The van der Waals surface area contributed by atoms with Crippen molar-refractivity contribution >= 4 is 0 Å². The van der Waals surface area contributed by atoms with Crippen molar-refractivity contribution in [3.8, 4) is 0 Å². The van der Waals surface area contributed by atoms with E-state index in [4.69, 9.17) is 0 Å². The molecule has 1 aromatic rings. The van der Waals surface area contributed by atoms with Crippen molar-refractivity contribution in [3.63, 3.8) is 0 Å². The first-order valence-electron chi connectivity index (χ1n) is 8.30. The molecule has 3 heteroatoms. The van der Waals surface area contributed by atoms with Crippen LogP contribution < -0.4 is 5.32 Å². The molecule has 2 rings (SSSR count). The van der Waals surface area contributed by atoms with Crippen molar-refractivity contribution in [2.45, 2.75) is 45.2 Å². The van der Waals surface area contributed by atoms with E-state index in [1.54, 1.807) is 0 Å². The normalized spacial score (nSPS) is 19.0. The van der Waals surface area contributed by atoms with Crippen LogP contribution in [0.2, 0.25) is 0 Å². The second-order valence-corrected chi connectivity index (χ2v) is 6.63. The predicted molar refractivity (Wildman–Crippen MR) is 88.5 cm³/mol. The lowest BCUT2D eigenvalue weighted by Crippen LogP contribution is -2.48. The van der Waals surface area contributed by atoms with Gasteiger partial charge in [0.2, 0.25) is 0 Å². The Bertz CT molecular complexity index is 385. The average Bonchev–Trinajstić information content (AvgIpc) is 2.49. The summed E-state index contributed by atoms with van der Waals surface area (Å²) in [7, 11) is 0. The Morgan fingerprint density at radius 2 is 1.86 bits per heavy atom. The van der Waals surface area contributed by atoms with Crippen LogP contribution in [0.1, 0.15) is 32.3 Å². The molecular weight excluding hydrogens is 260 g/mol.